The summed E-state index contributed by atoms with van der Waals surface area (Å²) in [4.78, 5) is 37.2. The first kappa shape index (κ1) is 22.2. The highest BCUT2D eigenvalue weighted by Gasteiger charge is 2.34. The van der Waals surface area contributed by atoms with Gasteiger partial charge in [0.15, 0.2) is 0 Å². The second-order valence-electron chi connectivity index (χ2n) is 9.00. The van der Waals surface area contributed by atoms with Gasteiger partial charge in [-0.15, -0.1) is 0 Å². The molecule has 0 bridgehead atoms. The number of ether oxygens (including phenoxy) is 1. The molecule has 0 saturated heterocycles. The van der Waals surface area contributed by atoms with Crippen molar-refractivity contribution in [2.75, 3.05) is 19.6 Å². The summed E-state index contributed by atoms with van der Waals surface area (Å²) in [5.41, 5.74) is 1.05. The number of aliphatic carboxylic acids is 1. The van der Waals surface area contributed by atoms with E-state index in [9.17, 15) is 19.5 Å². The number of hydrogen-bond donors (Lipinski definition) is 3. The first-order valence-electron chi connectivity index (χ1n) is 11.4. The fraction of sp³-hybridized carbons (Fsp3) is 0.542. The molecule has 1 aromatic carbocycles. The molecular weight excluding hydrogens is 412 g/mol. The third kappa shape index (κ3) is 5.41. The van der Waals surface area contributed by atoms with Crippen molar-refractivity contribution in [1.29, 1.82) is 0 Å². The minimum absolute atomic E-state index is 0.163. The number of benzene rings is 1. The van der Waals surface area contributed by atoms with Crippen molar-refractivity contribution in [1.82, 2.24) is 10.2 Å². The van der Waals surface area contributed by atoms with Crippen LogP contribution in [0.1, 0.15) is 56.4 Å². The quantitative estimate of drug-likeness (QED) is 0.533. The lowest BCUT2D eigenvalue weighted by atomic mass is 9.86. The normalized spacial score (nSPS) is 23.8. The summed E-state index contributed by atoms with van der Waals surface area (Å²) < 4.78 is 6.16. The number of nitrogens with zero attached hydrogens (tertiary/aromatic N) is 1. The van der Waals surface area contributed by atoms with Crippen LogP contribution in [0.15, 0.2) is 35.6 Å². The van der Waals surface area contributed by atoms with Crippen LogP contribution in [0.3, 0.4) is 0 Å². The Bertz CT molecular complexity index is 898. The minimum Gasteiger partial charge on any atom is -0.511 e. The zero-order valence-electron chi connectivity index (χ0n) is 18.1. The van der Waals surface area contributed by atoms with Gasteiger partial charge in [0.05, 0.1) is 6.10 Å². The van der Waals surface area contributed by atoms with E-state index in [0.717, 1.165) is 37.4 Å². The molecule has 0 radical (unpaired) electrons. The van der Waals surface area contributed by atoms with Gasteiger partial charge in [-0.1, -0.05) is 12.1 Å². The fourth-order valence-electron chi connectivity index (χ4n) is 4.57. The van der Waals surface area contributed by atoms with Gasteiger partial charge in [-0.05, 0) is 68.1 Å². The van der Waals surface area contributed by atoms with Gasteiger partial charge in [-0.2, -0.15) is 0 Å². The number of hydrogen-bond acceptors (Lipinski definition) is 5. The van der Waals surface area contributed by atoms with Crippen molar-refractivity contribution in [3.63, 3.8) is 0 Å². The van der Waals surface area contributed by atoms with E-state index < -0.39 is 24.3 Å². The van der Waals surface area contributed by atoms with Gasteiger partial charge < -0.3 is 25.2 Å². The molecule has 3 aliphatic rings. The third-order valence-corrected chi connectivity index (χ3v) is 6.54. The third-order valence-electron chi connectivity index (χ3n) is 6.54. The van der Waals surface area contributed by atoms with E-state index in [1.807, 2.05) is 0 Å². The number of aliphatic hydroxyl groups excluding tert-OH is 1. The van der Waals surface area contributed by atoms with Crippen molar-refractivity contribution in [3.05, 3.63) is 41.2 Å². The Morgan fingerprint density at radius 3 is 2.38 bits per heavy atom. The maximum atomic E-state index is 12.8. The maximum absolute atomic E-state index is 12.8. The molecule has 172 valence electrons. The highest BCUT2D eigenvalue weighted by Crippen LogP contribution is 2.40. The number of carbonyl (C=O) groups excluding carboxylic acids is 2. The lowest BCUT2D eigenvalue weighted by molar-refractivity contribution is -0.138. The Hall–Kier alpha value is -3.03. The zero-order chi connectivity index (χ0) is 22.7. The van der Waals surface area contributed by atoms with Crippen LogP contribution in [0.25, 0.3) is 0 Å². The molecular formula is C24H30N2O6. The van der Waals surface area contributed by atoms with Gasteiger partial charge in [0.2, 0.25) is 0 Å². The van der Waals surface area contributed by atoms with Crippen LogP contribution < -0.4 is 10.1 Å². The minimum atomic E-state index is -1.21. The molecule has 0 aromatic heterocycles. The van der Waals surface area contributed by atoms with Crippen molar-refractivity contribution >= 4 is 17.8 Å². The fourth-order valence-corrected chi connectivity index (χ4v) is 4.57. The summed E-state index contributed by atoms with van der Waals surface area (Å²) in [6, 6.07) is 8.44. The molecule has 0 atom stereocenters. The molecule has 1 aliphatic heterocycles. The molecule has 4 rings (SSSR count). The van der Waals surface area contributed by atoms with Crippen LogP contribution in [-0.2, 0) is 14.4 Å². The largest absolute Gasteiger partial charge is 0.511 e. The molecule has 1 aromatic rings. The molecule has 8 nitrogen and oxygen atoms in total. The lowest BCUT2D eigenvalue weighted by Crippen LogP contribution is -2.45. The number of rotatable bonds is 8. The Morgan fingerprint density at radius 2 is 1.75 bits per heavy atom. The number of carboxylic acid groups (broad SMARTS) is 1. The second-order valence-corrected chi connectivity index (χ2v) is 9.00. The van der Waals surface area contributed by atoms with E-state index in [1.165, 1.54) is 18.4 Å². The van der Waals surface area contributed by atoms with Gasteiger partial charge in [-0.25, -0.2) is 0 Å². The predicted molar refractivity (Wildman–Crippen MR) is 116 cm³/mol. The average molecular weight is 443 g/mol. The monoisotopic (exact) mass is 442 g/mol. The number of nitrogens with one attached hydrogen (secondary N) is 1. The van der Waals surface area contributed by atoms with Gasteiger partial charge in [0, 0.05) is 19.5 Å². The summed E-state index contributed by atoms with van der Waals surface area (Å²) in [7, 11) is 0. The van der Waals surface area contributed by atoms with Gasteiger partial charge >= 0.3 is 5.97 Å². The average Bonchev–Trinajstić information content (AvgIpc) is 3.62. The highest BCUT2D eigenvalue weighted by molar-refractivity contribution is 6.19. The molecule has 2 fully saturated rings. The number of amides is 2. The summed E-state index contributed by atoms with van der Waals surface area (Å²) in [5, 5.41) is 20.9. The van der Waals surface area contributed by atoms with Crippen LogP contribution in [0.4, 0.5) is 0 Å². The molecule has 2 saturated carbocycles. The van der Waals surface area contributed by atoms with Crippen LogP contribution in [-0.4, -0.2) is 58.6 Å². The number of aliphatic hydroxyl groups is 1. The van der Waals surface area contributed by atoms with E-state index >= 15 is 0 Å². The molecule has 32 heavy (non-hydrogen) atoms. The first-order chi connectivity index (χ1) is 15.4. The zero-order valence-corrected chi connectivity index (χ0v) is 18.1. The Labute approximate surface area is 187 Å². The van der Waals surface area contributed by atoms with Crippen LogP contribution >= 0.6 is 0 Å². The SMILES string of the molecule is O=C(O)CNC(=O)C1=C(O)CCN(CC2CCC(Oc3ccc(C4CC4)cc3)CC2)C1=O. The molecule has 1 heterocycles. The van der Waals surface area contributed by atoms with E-state index in [4.69, 9.17) is 9.84 Å². The summed E-state index contributed by atoms with van der Waals surface area (Å²) in [5.74, 6) is -0.927. The van der Waals surface area contributed by atoms with Crippen LogP contribution in [0, 0.1) is 5.92 Å². The first-order valence-corrected chi connectivity index (χ1v) is 11.4. The van der Waals surface area contributed by atoms with E-state index in [-0.39, 0.29) is 23.9 Å². The molecule has 0 spiro atoms. The molecule has 2 aliphatic carbocycles. The lowest BCUT2D eigenvalue weighted by Gasteiger charge is -2.34. The van der Waals surface area contributed by atoms with Crippen LogP contribution in [0.5, 0.6) is 5.75 Å². The van der Waals surface area contributed by atoms with E-state index in [0.29, 0.717) is 19.0 Å². The topological polar surface area (TPSA) is 116 Å². The van der Waals surface area contributed by atoms with Gasteiger partial charge in [0.1, 0.15) is 23.6 Å². The summed E-state index contributed by atoms with van der Waals surface area (Å²) >= 11 is 0. The molecule has 0 unspecified atom stereocenters. The van der Waals surface area contributed by atoms with Crippen molar-refractivity contribution in [2.24, 2.45) is 5.92 Å². The second kappa shape index (κ2) is 9.63. The Kier molecular flexibility index (Phi) is 6.67. The highest BCUT2D eigenvalue weighted by atomic mass is 16.5. The molecule has 2 amide bonds. The van der Waals surface area contributed by atoms with Crippen molar-refractivity contribution < 1.29 is 29.3 Å². The predicted octanol–water partition coefficient (Wildman–Crippen LogP) is 2.75. The van der Waals surface area contributed by atoms with Crippen molar-refractivity contribution in [3.8, 4) is 5.75 Å². The number of carboxylic acids is 1. The van der Waals surface area contributed by atoms with Crippen LogP contribution in [0.2, 0.25) is 0 Å². The summed E-state index contributed by atoms with van der Waals surface area (Å²) in [6.45, 7) is 0.269. The number of carbonyl (C=O) groups is 3. The molecule has 3 N–H and O–H groups in total. The summed E-state index contributed by atoms with van der Waals surface area (Å²) in [6.07, 6.45) is 6.58. The van der Waals surface area contributed by atoms with Gasteiger partial charge in [-0.3, -0.25) is 14.4 Å². The van der Waals surface area contributed by atoms with Crippen molar-refractivity contribution in [2.45, 2.75) is 57.0 Å². The Balaban J connectivity index is 1.25. The maximum Gasteiger partial charge on any atom is 0.322 e. The molecule has 8 heteroatoms. The Morgan fingerprint density at radius 1 is 1.06 bits per heavy atom. The van der Waals surface area contributed by atoms with E-state index in [2.05, 4.69) is 29.6 Å². The smallest absolute Gasteiger partial charge is 0.322 e. The van der Waals surface area contributed by atoms with E-state index in [1.54, 1.807) is 4.90 Å². The standard InChI is InChI=1S/C24H30N2O6/c27-20-11-12-26(24(31)22(20)23(30)25-13-21(28)29)14-15-1-7-18(8-2-15)32-19-9-5-17(6-10-19)16-3-4-16/h5-6,9-10,15-16,18,27H,1-4,7-8,11-14H2,(H,25,30)(H,28,29). The van der Waals surface area contributed by atoms with Gasteiger partial charge in [0.25, 0.3) is 11.8 Å².